The van der Waals surface area contributed by atoms with Crippen molar-refractivity contribution in [3.63, 3.8) is 0 Å². The summed E-state index contributed by atoms with van der Waals surface area (Å²) in [5.74, 6) is 0.877. The first-order chi connectivity index (χ1) is 11.2. The van der Waals surface area contributed by atoms with Gasteiger partial charge < -0.3 is 24.7 Å². The molecule has 2 fully saturated rings. The Morgan fingerprint density at radius 1 is 1.57 bits per heavy atom. The number of carbonyl (C=O) groups excluding carboxylic acids is 1. The van der Waals surface area contributed by atoms with Gasteiger partial charge >= 0.3 is 6.03 Å². The lowest BCUT2D eigenvalue weighted by molar-refractivity contribution is -0.0674. The van der Waals surface area contributed by atoms with Crippen molar-refractivity contribution in [1.29, 1.82) is 0 Å². The molecule has 0 radical (unpaired) electrons. The van der Waals surface area contributed by atoms with E-state index in [1.807, 2.05) is 6.20 Å². The van der Waals surface area contributed by atoms with Crippen LogP contribution in [-0.2, 0) is 16.0 Å². The number of hydrogen-bond acceptors (Lipinski definition) is 4. The molecule has 2 amide bonds. The number of nitrogens with one attached hydrogen (secondary N) is 2. The Morgan fingerprint density at radius 3 is 3.04 bits per heavy atom. The molecule has 7 heteroatoms. The highest BCUT2D eigenvalue weighted by atomic mass is 16.5. The second kappa shape index (κ2) is 6.88. The molecule has 2 atom stereocenters. The number of nitrogens with zero attached hydrogens (tertiary/aromatic N) is 2. The normalized spacial score (nSPS) is 25.8. The minimum atomic E-state index is -0.184. The number of methoxy groups -OCH3 is 1. The first-order valence-electron chi connectivity index (χ1n) is 8.39. The summed E-state index contributed by atoms with van der Waals surface area (Å²) in [5, 5.41) is 5.97. The van der Waals surface area contributed by atoms with Crippen molar-refractivity contribution >= 4 is 6.03 Å². The summed E-state index contributed by atoms with van der Waals surface area (Å²) in [6.07, 6.45) is 7.50. The zero-order valence-corrected chi connectivity index (χ0v) is 13.9. The monoisotopic (exact) mass is 322 g/mol. The number of imidazole rings is 1. The standard InChI is InChI=1S/C16H26N4O3/c1-3-20-9-8-17-14(20)13-12(5-10-23-13)19-15(21)18-11-16(22-2)6-4-7-16/h8-9,12-13H,3-7,10-11H2,1-2H3,(H2,18,19,21)/t12-,13-/m0/s1. The molecule has 2 N–H and O–H groups in total. The Hall–Kier alpha value is -1.60. The van der Waals surface area contributed by atoms with Crippen LogP contribution in [-0.4, -0.2) is 47.5 Å². The van der Waals surface area contributed by atoms with Crippen LogP contribution in [0.25, 0.3) is 0 Å². The first-order valence-corrected chi connectivity index (χ1v) is 8.39. The van der Waals surface area contributed by atoms with Crippen molar-refractivity contribution in [3.05, 3.63) is 18.2 Å². The van der Waals surface area contributed by atoms with Crippen LogP contribution in [0, 0.1) is 0 Å². The number of ether oxygens (including phenoxy) is 2. The third-order valence-electron chi connectivity index (χ3n) is 5.02. The third-order valence-corrected chi connectivity index (χ3v) is 5.02. The van der Waals surface area contributed by atoms with Crippen molar-refractivity contribution in [3.8, 4) is 0 Å². The van der Waals surface area contributed by atoms with Crippen LogP contribution >= 0.6 is 0 Å². The molecule has 1 aromatic heterocycles. The fraction of sp³-hybridized carbons (Fsp3) is 0.750. The predicted molar refractivity (Wildman–Crippen MR) is 85.1 cm³/mol. The van der Waals surface area contributed by atoms with Gasteiger partial charge in [0.05, 0.1) is 11.6 Å². The topological polar surface area (TPSA) is 77.4 Å². The molecule has 0 aromatic carbocycles. The minimum absolute atomic E-state index is 0.0532. The SMILES string of the molecule is CCn1ccnc1[C@H]1OCC[C@@H]1NC(=O)NCC1(OC)CCC1. The van der Waals surface area contributed by atoms with Crippen LogP contribution in [0.15, 0.2) is 12.4 Å². The highest BCUT2D eigenvalue weighted by molar-refractivity contribution is 5.74. The van der Waals surface area contributed by atoms with E-state index in [0.717, 1.165) is 38.1 Å². The van der Waals surface area contributed by atoms with E-state index in [-0.39, 0.29) is 23.8 Å². The van der Waals surface area contributed by atoms with Gasteiger partial charge in [0.2, 0.25) is 0 Å². The largest absolute Gasteiger partial charge is 0.376 e. The van der Waals surface area contributed by atoms with Gasteiger partial charge in [-0.1, -0.05) is 0 Å². The van der Waals surface area contributed by atoms with Crippen LogP contribution < -0.4 is 10.6 Å². The Morgan fingerprint density at radius 2 is 2.39 bits per heavy atom. The van der Waals surface area contributed by atoms with Gasteiger partial charge in [-0.25, -0.2) is 9.78 Å². The Kier molecular flexibility index (Phi) is 4.87. The molecule has 1 saturated carbocycles. The summed E-state index contributed by atoms with van der Waals surface area (Å²) in [4.78, 5) is 16.6. The summed E-state index contributed by atoms with van der Waals surface area (Å²) in [6, 6.07) is -0.217. The summed E-state index contributed by atoms with van der Waals surface area (Å²) < 4.78 is 13.4. The van der Waals surface area contributed by atoms with E-state index in [1.165, 1.54) is 0 Å². The lowest BCUT2D eigenvalue weighted by Gasteiger charge is -2.40. The van der Waals surface area contributed by atoms with Crippen molar-refractivity contribution in [2.75, 3.05) is 20.3 Å². The maximum Gasteiger partial charge on any atom is 0.315 e. The number of urea groups is 1. The predicted octanol–water partition coefficient (Wildman–Crippen LogP) is 1.60. The lowest BCUT2D eigenvalue weighted by Crippen LogP contribution is -2.53. The van der Waals surface area contributed by atoms with Gasteiger partial charge in [0, 0.05) is 39.2 Å². The minimum Gasteiger partial charge on any atom is -0.376 e. The quantitative estimate of drug-likeness (QED) is 0.834. The molecule has 2 heterocycles. The highest BCUT2D eigenvalue weighted by Gasteiger charge is 2.38. The number of rotatable bonds is 6. The third kappa shape index (κ3) is 3.35. The summed E-state index contributed by atoms with van der Waals surface area (Å²) >= 11 is 0. The van der Waals surface area contributed by atoms with Gasteiger partial charge in [0.25, 0.3) is 0 Å². The molecule has 7 nitrogen and oxygen atoms in total. The Balaban J connectivity index is 1.55. The number of carbonyl (C=O) groups is 1. The van der Waals surface area contributed by atoms with Crippen molar-refractivity contribution in [2.24, 2.45) is 0 Å². The molecule has 1 aliphatic carbocycles. The second-order valence-electron chi connectivity index (χ2n) is 6.33. The molecule has 1 saturated heterocycles. The molecule has 3 rings (SSSR count). The van der Waals surface area contributed by atoms with Gasteiger partial charge in [0.15, 0.2) is 0 Å². The summed E-state index contributed by atoms with van der Waals surface area (Å²) in [5.41, 5.74) is -0.165. The first kappa shape index (κ1) is 16.3. The number of hydrogen-bond donors (Lipinski definition) is 2. The van der Waals surface area contributed by atoms with E-state index in [1.54, 1.807) is 13.3 Å². The fourth-order valence-electron chi connectivity index (χ4n) is 3.32. The van der Waals surface area contributed by atoms with E-state index in [9.17, 15) is 4.79 Å². The molecular weight excluding hydrogens is 296 g/mol. The van der Waals surface area contributed by atoms with Gasteiger partial charge in [-0.2, -0.15) is 0 Å². The molecule has 1 aliphatic heterocycles. The van der Waals surface area contributed by atoms with E-state index in [4.69, 9.17) is 9.47 Å². The number of aromatic nitrogens is 2. The van der Waals surface area contributed by atoms with Gasteiger partial charge in [-0.15, -0.1) is 0 Å². The zero-order chi connectivity index (χ0) is 16.3. The fourth-order valence-corrected chi connectivity index (χ4v) is 3.32. The second-order valence-corrected chi connectivity index (χ2v) is 6.33. The molecule has 1 aromatic rings. The highest BCUT2D eigenvalue weighted by Crippen LogP contribution is 2.34. The van der Waals surface area contributed by atoms with E-state index in [0.29, 0.717) is 13.2 Å². The molecule has 2 aliphatic rings. The smallest absolute Gasteiger partial charge is 0.315 e. The maximum absolute atomic E-state index is 12.2. The van der Waals surface area contributed by atoms with Crippen LogP contribution in [0.4, 0.5) is 4.79 Å². The van der Waals surface area contributed by atoms with Crippen LogP contribution in [0.1, 0.15) is 44.5 Å². The van der Waals surface area contributed by atoms with Crippen molar-refractivity contribution in [1.82, 2.24) is 20.2 Å². The van der Waals surface area contributed by atoms with Crippen molar-refractivity contribution in [2.45, 2.75) is 56.9 Å². The van der Waals surface area contributed by atoms with Gasteiger partial charge in [-0.05, 0) is 32.6 Å². The molecule has 0 bridgehead atoms. The van der Waals surface area contributed by atoms with Crippen LogP contribution in [0.2, 0.25) is 0 Å². The molecular formula is C16H26N4O3. The van der Waals surface area contributed by atoms with E-state index >= 15 is 0 Å². The van der Waals surface area contributed by atoms with Crippen LogP contribution in [0.5, 0.6) is 0 Å². The molecule has 0 unspecified atom stereocenters. The van der Waals surface area contributed by atoms with Crippen molar-refractivity contribution < 1.29 is 14.3 Å². The van der Waals surface area contributed by atoms with Crippen LogP contribution in [0.3, 0.4) is 0 Å². The summed E-state index contributed by atoms with van der Waals surface area (Å²) in [7, 11) is 1.71. The van der Waals surface area contributed by atoms with E-state index < -0.39 is 0 Å². The lowest BCUT2D eigenvalue weighted by atomic mass is 9.80. The van der Waals surface area contributed by atoms with E-state index in [2.05, 4.69) is 27.1 Å². The van der Waals surface area contributed by atoms with Gasteiger partial charge in [0.1, 0.15) is 11.9 Å². The molecule has 23 heavy (non-hydrogen) atoms. The Bertz CT molecular complexity index is 536. The zero-order valence-electron chi connectivity index (χ0n) is 13.9. The van der Waals surface area contributed by atoms with Gasteiger partial charge in [-0.3, -0.25) is 0 Å². The molecule has 128 valence electrons. The number of aryl methyl sites for hydroxylation is 1. The summed E-state index contributed by atoms with van der Waals surface area (Å²) in [6.45, 7) is 4.09. The number of amides is 2. The average Bonchev–Trinajstić information content (AvgIpc) is 3.14. The average molecular weight is 322 g/mol. The maximum atomic E-state index is 12.2. The molecule has 0 spiro atoms. The Labute approximate surface area is 136 Å².